The van der Waals surface area contributed by atoms with E-state index in [-0.39, 0.29) is 10.0 Å². The molecular formula is C13H9ClN4O2S3. The summed E-state index contributed by atoms with van der Waals surface area (Å²) in [6.45, 7) is 0. The molecule has 0 radical (unpaired) electrons. The summed E-state index contributed by atoms with van der Waals surface area (Å²) >= 11 is 12.0. The molecule has 0 spiro atoms. The molecule has 10 heteroatoms. The number of aromatic nitrogens is 2. The second kappa shape index (κ2) is 6.36. The first-order chi connectivity index (χ1) is 11.0. The second-order valence-electron chi connectivity index (χ2n) is 4.44. The topological polar surface area (TPSA) is 84.0 Å². The quantitative estimate of drug-likeness (QED) is 0.675. The Labute approximate surface area is 146 Å². The van der Waals surface area contributed by atoms with E-state index in [1.165, 1.54) is 6.07 Å². The van der Waals surface area contributed by atoms with Gasteiger partial charge in [0.15, 0.2) is 5.11 Å². The van der Waals surface area contributed by atoms with Gasteiger partial charge < -0.3 is 5.32 Å². The molecule has 0 aliphatic heterocycles. The summed E-state index contributed by atoms with van der Waals surface area (Å²) in [7, 11) is -3.86. The molecule has 0 atom stereocenters. The molecule has 0 aliphatic rings. The summed E-state index contributed by atoms with van der Waals surface area (Å²) in [6.07, 6.45) is 0. The molecule has 0 fully saturated rings. The third kappa shape index (κ3) is 3.58. The van der Waals surface area contributed by atoms with Crippen LogP contribution in [0.25, 0.3) is 10.2 Å². The van der Waals surface area contributed by atoms with Gasteiger partial charge in [0.05, 0.1) is 4.70 Å². The largest absolute Gasteiger partial charge is 0.332 e. The van der Waals surface area contributed by atoms with Crippen LogP contribution in [0.2, 0.25) is 5.02 Å². The molecule has 0 amide bonds. The molecule has 0 saturated heterocycles. The molecule has 118 valence electrons. The van der Waals surface area contributed by atoms with Gasteiger partial charge in [-0.05, 0) is 60.1 Å². The number of fused-ring (bicyclic) bond motifs is 1. The van der Waals surface area contributed by atoms with Gasteiger partial charge in [0.2, 0.25) is 0 Å². The molecular weight excluding hydrogens is 376 g/mol. The van der Waals surface area contributed by atoms with E-state index in [2.05, 4.69) is 19.6 Å². The average molecular weight is 385 g/mol. The van der Waals surface area contributed by atoms with E-state index in [4.69, 9.17) is 23.8 Å². The first-order valence-corrected chi connectivity index (χ1v) is 9.30. The Morgan fingerprint density at radius 1 is 1.17 bits per heavy atom. The lowest BCUT2D eigenvalue weighted by molar-refractivity contribution is 0.593. The first kappa shape index (κ1) is 16.1. The van der Waals surface area contributed by atoms with Crippen molar-refractivity contribution in [2.24, 2.45) is 0 Å². The number of hydrogen-bond donors (Lipinski definition) is 2. The van der Waals surface area contributed by atoms with Crippen LogP contribution in [0.1, 0.15) is 0 Å². The van der Waals surface area contributed by atoms with Crippen molar-refractivity contribution in [1.29, 1.82) is 0 Å². The number of sulfonamides is 1. The zero-order chi connectivity index (χ0) is 16.4. The lowest BCUT2D eigenvalue weighted by Gasteiger charge is -2.11. The molecule has 0 aliphatic carbocycles. The van der Waals surface area contributed by atoms with Gasteiger partial charge in [-0.2, -0.15) is 0 Å². The van der Waals surface area contributed by atoms with E-state index in [9.17, 15) is 8.42 Å². The van der Waals surface area contributed by atoms with Gasteiger partial charge in [-0.3, -0.25) is 4.72 Å². The predicted molar refractivity (Wildman–Crippen MR) is 95.4 cm³/mol. The van der Waals surface area contributed by atoms with E-state index in [0.29, 0.717) is 20.9 Å². The molecule has 1 heterocycles. The van der Waals surface area contributed by atoms with Gasteiger partial charge in [0.25, 0.3) is 10.0 Å². The van der Waals surface area contributed by atoms with Gasteiger partial charge in [0, 0.05) is 10.7 Å². The van der Waals surface area contributed by atoms with Crippen LogP contribution in [0.15, 0.2) is 47.4 Å². The van der Waals surface area contributed by atoms with Gasteiger partial charge in [-0.1, -0.05) is 22.2 Å². The number of anilines is 1. The number of rotatable bonds is 3. The fraction of sp³-hybridized carbons (Fsp3) is 0. The lowest BCUT2D eigenvalue weighted by Crippen LogP contribution is -2.34. The van der Waals surface area contributed by atoms with E-state index < -0.39 is 10.0 Å². The summed E-state index contributed by atoms with van der Waals surface area (Å²) in [4.78, 5) is 0.0315. The number of nitrogens with zero attached hydrogens (tertiary/aromatic N) is 2. The Hall–Kier alpha value is -1.81. The predicted octanol–water partition coefficient (Wildman–Crippen LogP) is 3.02. The molecule has 0 saturated carbocycles. The summed E-state index contributed by atoms with van der Waals surface area (Å²) in [5, 5.41) is 7.17. The molecule has 1 aromatic heterocycles. The Morgan fingerprint density at radius 2 is 1.91 bits per heavy atom. The fourth-order valence-electron chi connectivity index (χ4n) is 1.86. The minimum Gasteiger partial charge on any atom is -0.332 e. The Morgan fingerprint density at radius 3 is 2.65 bits per heavy atom. The molecule has 3 rings (SSSR count). The third-order valence-corrected chi connectivity index (χ3v) is 5.52. The first-order valence-electron chi connectivity index (χ1n) is 6.26. The lowest BCUT2D eigenvalue weighted by atomic mass is 10.3. The minimum absolute atomic E-state index is 0.0315. The summed E-state index contributed by atoms with van der Waals surface area (Å²) in [5.74, 6) is 0. The fourth-order valence-corrected chi connectivity index (χ4v) is 4.16. The van der Waals surface area contributed by atoms with Crippen LogP contribution >= 0.6 is 35.4 Å². The van der Waals surface area contributed by atoms with Crippen LogP contribution in [-0.2, 0) is 10.0 Å². The summed E-state index contributed by atoms with van der Waals surface area (Å²) in [5.41, 5.74) is 0.940. The molecule has 3 aromatic rings. The smallest absolute Gasteiger partial charge is 0.265 e. The Kier molecular flexibility index (Phi) is 4.44. The standard InChI is InChI=1S/C13H9ClN4O2S3/c14-8-4-6-9(7-5-8)15-13(21)17-23(19,20)11-3-1-2-10-12(11)16-18-22-10/h1-7H,(H2,15,17,21). The van der Waals surface area contributed by atoms with Gasteiger partial charge in [-0.25, -0.2) is 8.42 Å². The van der Waals surface area contributed by atoms with Crippen molar-refractivity contribution in [3.05, 3.63) is 47.5 Å². The van der Waals surface area contributed by atoms with E-state index >= 15 is 0 Å². The van der Waals surface area contributed by atoms with E-state index in [0.717, 1.165) is 11.5 Å². The van der Waals surface area contributed by atoms with Gasteiger partial charge in [-0.15, -0.1) is 5.10 Å². The number of nitrogens with one attached hydrogen (secondary N) is 2. The molecule has 2 N–H and O–H groups in total. The highest BCUT2D eigenvalue weighted by Gasteiger charge is 2.20. The summed E-state index contributed by atoms with van der Waals surface area (Å²) in [6, 6.07) is 11.6. The zero-order valence-corrected chi connectivity index (χ0v) is 14.6. The maximum absolute atomic E-state index is 12.5. The normalized spacial score (nSPS) is 11.3. The van der Waals surface area contributed by atoms with Crippen LogP contribution in [0.3, 0.4) is 0 Å². The minimum atomic E-state index is -3.86. The maximum atomic E-state index is 12.5. The highest BCUT2D eigenvalue weighted by molar-refractivity contribution is 7.92. The Balaban J connectivity index is 1.82. The van der Waals surface area contributed by atoms with E-state index in [1.807, 2.05) is 0 Å². The highest BCUT2D eigenvalue weighted by Crippen LogP contribution is 2.23. The zero-order valence-electron chi connectivity index (χ0n) is 11.4. The van der Waals surface area contributed by atoms with Crippen molar-refractivity contribution in [2.75, 3.05) is 5.32 Å². The van der Waals surface area contributed by atoms with Crippen LogP contribution in [-0.4, -0.2) is 23.1 Å². The molecule has 0 bridgehead atoms. The third-order valence-electron chi connectivity index (χ3n) is 2.86. The number of halogens is 1. The van der Waals surface area contributed by atoms with Crippen molar-refractivity contribution >= 4 is 66.4 Å². The SMILES string of the molecule is O=S(=O)(NC(=S)Nc1ccc(Cl)cc1)c1cccc2snnc12. The van der Waals surface area contributed by atoms with Crippen molar-refractivity contribution < 1.29 is 8.42 Å². The van der Waals surface area contributed by atoms with Gasteiger partial charge >= 0.3 is 0 Å². The Bertz CT molecular complexity index is 970. The van der Waals surface area contributed by atoms with Crippen molar-refractivity contribution in [1.82, 2.24) is 14.3 Å². The highest BCUT2D eigenvalue weighted by atomic mass is 35.5. The molecule has 23 heavy (non-hydrogen) atoms. The van der Waals surface area contributed by atoms with Crippen molar-refractivity contribution in [3.8, 4) is 0 Å². The number of hydrogen-bond acceptors (Lipinski definition) is 6. The van der Waals surface area contributed by atoms with Gasteiger partial charge in [0.1, 0.15) is 10.4 Å². The molecule has 0 unspecified atom stereocenters. The number of thiocarbonyl (C=S) groups is 1. The van der Waals surface area contributed by atoms with Crippen LogP contribution in [0.5, 0.6) is 0 Å². The maximum Gasteiger partial charge on any atom is 0.265 e. The van der Waals surface area contributed by atoms with Crippen molar-refractivity contribution in [3.63, 3.8) is 0 Å². The van der Waals surface area contributed by atoms with Crippen molar-refractivity contribution in [2.45, 2.75) is 4.90 Å². The van der Waals surface area contributed by atoms with E-state index in [1.54, 1.807) is 36.4 Å². The van der Waals surface area contributed by atoms with Crippen LogP contribution in [0.4, 0.5) is 5.69 Å². The summed E-state index contributed by atoms with van der Waals surface area (Å²) < 4.78 is 31.7. The molecule has 6 nitrogen and oxygen atoms in total. The van der Waals surface area contributed by atoms with Crippen LogP contribution < -0.4 is 10.0 Å². The second-order valence-corrected chi connectivity index (χ2v) is 7.72. The monoisotopic (exact) mass is 384 g/mol. The average Bonchev–Trinajstić information content (AvgIpc) is 2.97. The van der Waals surface area contributed by atoms with Crippen LogP contribution in [0, 0.1) is 0 Å². The number of benzene rings is 2. The molecule has 2 aromatic carbocycles.